The van der Waals surface area contributed by atoms with Gasteiger partial charge in [-0.3, -0.25) is 0 Å². The molecule has 0 amide bonds. The predicted octanol–water partition coefficient (Wildman–Crippen LogP) is 4.15. The van der Waals surface area contributed by atoms with E-state index in [-0.39, 0.29) is 0 Å². The first-order valence-electron chi connectivity index (χ1n) is 6.20. The van der Waals surface area contributed by atoms with Crippen LogP contribution in [0.15, 0.2) is 28.7 Å². The van der Waals surface area contributed by atoms with E-state index in [2.05, 4.69) is 26.2 Å². The van der Waals surface area contributed by atoms with Crippen LogP contribution in [0.2, 0.25) is 0 Å². The molecule has 3 N–H and O–H groups in total. The summed E-state index contributed by atoms with van der Waals surface area (Å²) in [6, 6.07) is 7.96. The molecule has 0 atom stereocenters. The maximum Gasteiger partial charge on any atom is 0.141 e. The largest absolute Gasteiger partial charge is 0.389 e. The molecule has 0 radical (unpaired) electrons. The van der Waals surface area contributed by atoms with Gasteiger partial charge in [0.15, 0.2) is 0 Å². The molecule has 104 valence electrons. The molecule has 3 nitrogen and oxygen atoms in total. The predicted molar refractivity (Wildman–Crippen MR) is 91.8 cm³/mol. The number of hydrogen-bond donors (Lipinski definition) is 2. The Morgan fingerprint density at radius 1 is 1.30 bits per heavy atom. The molecule has 1 heterocycles. The second kappa shape index (κ2) is 5.89. The van der Waals surface area contributed by atoms with Crippen molar-refractivity contribution in [1.29, 1.82) is 0 Å². The smallest absolute Gasteiger partial charge is 0.141 e. The van der Waals surface area contributed by atoms with Crippen LogP contribution in [0.5, 0.6) is 0 Å². The Kier molecular flexibility index (Phi) is 4.40. The van der Waals surface area contributed by atoms with Crippen LogP contribution in [0.4, 0.5) is 11.5 Å². The molecule has 20 heavy (non-hydrogen) atoms. The van der Waals surface area contributed by atoms with Crippen molar-refractivity contribution in [3.63, 3.8) is 0 Å². The van der Waals surface area contributed by atoms with Gasteiger partial charge >= 0.3 is 0 Å². The number of pyridine rings is 1. The molecule has 2 aromatic rings. The summed E-state index contributed by atoms with van der Waals surface area (Å²) in [7, 11) is 0. The van der Waals surface area contributed by atoms with Gasteiger partial charge in [-0.05, 0) is 50.1 Å². The van der Waals surface area contributed by atoms with Crippen molar-refractivity contribution in [3.8, 4) is 0 Å². The van der Waals surface area contributed by atoms with E-state index in [9.17, 15) is 0 Å². The zero-order valence-corrected chi connectivity index (χ0v) is 14.0. The maximum atomic E-state index is 5.83. The summed E-state index contributed by atoms with van der Waals surface area (Å²) in [6.45, 7) is 5.98. The molecule has 0 spiro atoms. The van der Waals surface area contributed by atoms with E-state index in [1.807, 2.05) is 45.0 Å². The standard InChI is InChI=1S/C15H16BrN3S/c1-8-7-9(2)18-15(13(8)14(17)20)19-12-6-4-5-11(16)10(12)3/h4-7H,1-3H3,(H2,17,20)(H,18,19). The number of aromatic nitrogens is 1. The van der Waals surface area contributed by atoms with Gasteiger partial charge in [0.25, 0.3) is 0 Å². The Labute approximate surface area is 132 Å². The van der Waals surface area contributed by atoms with Gasteiger partial charge in [-0.15, -0.1) is 0 Å². The quantitative estimate of drug-likeness (QED) is 0.817. The molecule has 0 fully saturated rings. The van der Waals surface area contributed by atoms with E-state index in [1.165, 1.54) is 0 Å². The average Bonchev–Trinajstić information content (AvgIpc) is 2.33. The molecule has 1 aromatic carbocycles. The molecule has 0 aliphatic heterocycles. The minimum absolute atomic E-state index is 0.352. The number of aryl methyl sites for hydroxylation is 2. The van der Waals surface area contributed by atoms with E-state index in [4.69, 9.17) is 18.0 Å². The number of nitrogens with one attached hydrogen (secondary N) is 1. The summed E-state index contributed by atoms with van der Waals surface area (Å²) in [6.07, 6.45) is 0. The van der Waals surface area contributed by atoms with E-state index in [1.54, 1.807) is 0 Å². The number of anilines is 2. The summed E-state index contributed by atoms with van der Waals surface area (Å²) in [4.78, 5) is 4.88. The lowest BCUT2D eigenvalue weighted by molar-refractivity contribution is 1.16. The summed E-state index contributed by atoms with van der Waals surface area (Å²) < 4.78 is 1.05. The molecule has 0 aliphatic rings. The van der Waals surface area contributed by atoms with Crippen LogP contribution < -0.4 is 11.1 Å². The zero-order chi connectivity index (χ0) is 14.9. The third kappa shape index (κ3) is 2.99. The highest BCUT2D eigenvalue weighted by Gasteiger charge is 2.13. The highest BCUT2D eigenvalue weighted by atomic mass is 79.9. The number of thiocarbonyl (C=S) groups is 1. The lowest BCUT2D eigenvalue weighted by Gasteiger charge is -2.15. The number of nitrogens with two attached hydrogens (primary N) is 1. The Hall–Kier alpha value is -1.46. The van der Waals surface area contributed by atoms with Crippen molar-refractivity contribution in [3.05, 3.63) is 51.1 Å². The van der Waals surface area contributed by atoms with Gasteiger partial charge in [-0.1, -0.05) is 34.2 Å². The molecular weight excluding hydrogens is 334 g/mol. The summed E-state index contributed by atoms with van der Waals surface area (Å²) in [5.41, 5.74) is 10.7. The number of halogens is 1. The molecule has 1 aromatic heterocycles. The van der Waals surface area contributed by atoms with Crippen LogP contribution in [0.3, 0.4) is 0 Å². The summed E-state index contributed by atoms with van der Waals surface area (Å²) in [5, 5.41) is 3.34. The summed E-state index contributed by atoms with van der Waals surface area (Å²) >= 11 is 8.67. The second-order valence-electron chi connectivity index (χ2n) is 4.71. The number of nitrogens with zero attached hydrogens (tertiary/aromatic N) is 1. The average molecular weight is 350 g/mol. The molecule has 0 saturated carbocycles. The number of benzene rings is 1. The molecule has 5 heteroatoms. The fraction of sp³-hybridized carbons (Fsp3) is 0.200. The van der Waals surface area contributed by atoms with Gasteiger partial charge in [0.05, 0.1) is 5.56 Å². The van der Waals surface area contributed by atoms with E-state index < -0.39 is 0 Å². The topological polar surface area (TPSA) is 50.9 Å². The van der Waals surface area contributed by atoms with Crippen molar-refractivity contribution < 1.29 is 0 Å². The van der Waals surface area contributed by atoms with Crippen molar-refractivity contribution in [2.45, 2.75) is 20.8 Å². The van der Waals surface area contributed by atoms with Crippen LogP contribution in [-0.2, 0) is 0 Å². The van der Waals surface area contributed by atoms with Crippen molar-refractivity contribution in [2.75, 3.05) is 5.32 Å². The van der Waals surface area contributed by atoms with Gasteiger partial charge in [-0.2, -0.15) is 0 Å². The SMILES string of the molecule is Cc1cc(C)c(C(N)=S)c(Nc2cccc(Br)c2C)n1. The minimum Gasteiger partial charge on any atom is -0.389 e. The van der Waals surface area contributed by atoms with E-state index in [0.717, 1.165) is 32.5 Å². The fourth-order valence-corrected chi connectivity index (χ4v) is 2.73. The van der Waals surface area contributed by atoms with E-state index >= 15 is 0 Å². The van der Waals surface area contributed by atoms with Crippen LogP contribution in [0.1, 0.15) is 22.4 Å². The first-order chi connectivity index (χ1) is 9.40. The Bertz CT molecular complexity index is 683. The van der Waals surface area contributed by atoms with Crippen LogP contribution in [0.25, 0.3) is 0 Å². The van der Waals surface area contributed by atoms with Gasteiger partial charge in [0.2, 0.25) is 0 Å². The molecular formula is C15H16BrN3S. The minimum atomic E-state index is 0.352. The lowest BCUT2D eigenvalue weighted by atomic mass is 10.1. The zero-order valence-electron chi connectivity index (χ0n) is 11.6. The molecule has 0 unspecified atom stereocenters. The van der Waals surface area contributed by atoms with Crippen molar-refractivity contribution in [2.24, 2.45) is 5.73 Å². The van der Waals surface area contributed by atoms with Crippen LogP contribution in [-0.4, -0.2) is 9.97 Å². The van der Waals surface area contributed by atoms with Gasteiger partial charge in [-0.25, -0.2) is 4.98 Å². The molecule has 0 bridgehead atoms. The first-order valence-corrected chi connectivity index (χ1v) is 7.40. The Balaban J connectivity index is 2.53. The highest BCUT2D eigenvalue weighted by Crippen LogP contribution is 2.28. The molecule has 0 aliphatic carbocycles. The van der Waals surface area contributed by atoms with Crippen LogP contribution in [0, 0.1) is 20.8 Å². The number of rotatable bonds is 3. The third-order valence-corrected chi connectivity index (χ3v) is 4.18. The van der Waals surface area contributed by atoms with Crippen molar-refractivity contribution >= 4 is 44.6 Å². The van der Waals surface area contributed by atoms with Crippen LogP contribution >= 0.6 is 28.1 Å². The monoisotopic (exact) mass is 349 g/mol. The Morgan fingerprint density at radius 3 is 2.65 bits per heavy atom. The van der Waals surface area contributed by atoms with Crippen molar-refractivity contribution in [1.82, 2.24) is 4.98 Å². The van der Waals surface area contributed by atoms with Gasteiger partial charge < -0.3 is 11.1 Å². The van der Waals surface area contributed by atoms with Gasteiger partial charge in [0, 0.05) is 15.9 Å². The first kappa shape index (κ1) is 14.9. The lowest BCUT2D eigenvalue weighted by Crippen LogP contribution is -2.15. The summed E-state index contributed by atoms with van der Waals surface area (Å²) in [5.74, 6) is 0.705. The normalized spacial score (nSPS) is 10.4. The molecule has 0 saturated heterocycles. The number of hydrogen-bond acceptors (Lipinski definition) is 3. The third-order valence-electron chi connectivity index (χ3n) is 3.11. The molecule has 2 rings (SSSR count). The second-order valence-corrected chi connectivity index (χ2v) is 6.00. The maximum absolute atomic E-state index is 5.83. The Morgan fingerprint density at radius 2 is 2.00 bits per heavy atom. The fourth-order valence-electron chi connectivity index (χ4n) is 2.11. The highest BCUT2D eigenvalue weighted by molar-refractivity contribution is 9.10. The van der Waals surface area contributed by atoms with E-state index in [0.29, 0.717) is 10.8 Å². The van der Waals surface area contributed by atoms with Gasteiger partial charge in [0.1, 0.15) is 10.8 Å².